The highest BCUT2D eigenvalue weighted by atomic mass is 79.9. The molecule has 0 unspecified atom stereocenters. The van der Waals surface area contributed by atoms with Crippen molar-refractivity contribution in [3.8, 4) is 0 Å². The number of Topliss-reactive ketones (excluding diaryl/α,β-unsaturated/α-hetero) is 1. The second-order valence-corrected chi connectivity index (χ2v) is 4.68. The van der Waals surface area contributed by atoms with E-state index in [0.717, 1.165) is 17.3 Å². The maximum Gasteiger partial charge on any atom is 0.140 e. The van der Waals surface area contributed by atoms with E-state index < -0.39 is 5.41 Å². The van der Waals surface area contributed by atoms with Crippen molar-refractivity contribution < 1.29 is 9.18 Å². The van der Waals surface area contributed by atoms with Crippen LogP contribution in [0.15, 0.2) is 22.7 Å². The maximum absolute atomic E-state index is 13.5. The molecule has 1 aliphatic rings. The van der Waals surface area contributed by atoms with Crippen LogP contribution in [0.25, 0.3) is 0 Å². The minimum absolute atomic E-state index is 0.0644. The van der Waals surface area contributed by atoms with Crippen LogP contribution in [0.3, 0.4) is 0 Å². The molecule has 2 rings (SSSR count). The predicted molar refractivity (Wildman–Crippen MR) is 55.7 cm³/mol. The molecular formula is C11H10BrFO. The number of halogens is 2. The Morgan fingerprint density at radius 3 is 2.64 bits per heavy atom. The Morgan fingerprint density at radius 1 is 1.50 bits per heavy atom. The Balaban J connectivity index is 2.51. The summed E-state index contributed by atoms with van der Waals surface area (Å²) in [5, 5.41) is 0. The highest BCUT2D eigenvalue weighted by molar-refractivity contribution is 9.10. The van der Waals surface area contributed by atoms with Crippen molar-refractivity contribution in [2.75, 3.05) is 0 Å². The third kappa shape index (κ3) is 1.40. The van der Waals surface area contributed by atoms with Gasteiger partial charge in [-0.25, -0.2) is 4.39 Å². The number of ketones is 1. The first-order valence-electron chi connectivity index (χ1n) is 4.53. The molecule has 0 aliphatic heterocycles. The van der Waals surface area contributed by atoms with Crippen LogP contribution in [0.4, 0.5) is 4.39 Å². The summed E-state index contributed by atoms with van der Waals surface area (Å²) in [6.45, 7) is 1.54. The smallest absolute Gasteiger partial charge is 0.140 e. The average molecular weight is 257 g/mol. The molecule has 14 heavy (non-hydrogen) atoms. The Morgan fingerprint density at radius 2 is 2.14 bits per heavy atom. The first-order valence-corrected chi connectivity index (χ1v) is 5.32. The van der Waals surface area contributed by atoms with Gasteiger partial charge in [-0.15, -0.1) is 0 Å². The van der Waals surface area contributed by atoms with E-state index >= 15 is 0 Å². The average Bonchev–Trinajstić information content (AvgIpc) is 2.90. The molecule has 1 saturated carbocycles. The lowest BCUT2D eigenvalue weighted by molar-refractivity contribution is -0.119. The molecule has 74 valence electrons. The van der Waals surface area contributed by atoms with Gasteiger partial charge < -0.3 is 0 Å². The lowest BCUT2D eigenvalue weighted by Gasteiger charge is -2.12. The lowest BCUT2D eigenvalue weighted by atomic mass is 9.92. The molecule has 0 amide bonds. The van der Waals surface area contributed by atoms with Gasteiger partial charge in [-0.1, -0.05) is 15.9 Å². The molecule has 1 fully saturated rings. The predicted octanol–water partition coefficient (Wildman–Crippen LogP) is 3.21. The van der Waals surface area contributed by atoms with E-state index in [0.29, 0.717) is 5.56 Å². The van der Waals surface area contributed by atoms with E-state index in [1.807, 2.05) is 0 Å². The molecule has 1 aromatic carbocycles. The Labute approximate surface area is 90.4 Å². The zero-order valence-corrected chi connectivity index (χ0v) is 9.40. The molecular weight excluding hydrogens is 247 g/mol. The number of hydrogen-bond donors (Lipinski definition) is 0. The van der Waals surface area contributed by atoms with E-state index in [2.05, 4.69) is 15.9 Å². The van der Waals surface area contributed by atoms with Gasteiger partial charge in [0.25, 0.3) is 0 Å². The summed E-state index contributed by atoms with van der Waals surface area (Å²) >= 11 is 3.29. The summed E-state index contributed by atoms with van der Waals surface area (Å²) in [6, 6.07) is 4.77. The standard InChI is InChI=1S/C11H10BrFO/c1-7(14)11(4-5-11)9-6-8(12)2-3-10(9)13/h2-3,6H,4-5H2,1H3. The largest absolute Gasteiger partial charge is 0.299 e. The van der Waals surface area contributed by atoms with Gasteiger partial charge in [0.05, 0.1) is 5.41 Å². The van der Waals surface area contributed by atoms with E-state index in [-0.39, 0.29) is 11.6 Å². The van der Waals surface area contributed by atoms with E-state index in [1.54, 1.807) is 12.1 Å². The Hall–Kier alpha value is -0.700. The molecule has 1 aromatic rings. The molecule has 0 spiro atoms. The highest BCUT2D eigenvalue weighted by Gasteiger charge is 2.50. The molecule has 0 saturated heterocycles. The Kier molecular flexibility index (Phi) is 2.22. The fourth-order valence-electron chi connectivity index (χ4n) is 1.80. The normalized spacial score (nSPS) is 17.9. The number of hydrogen-bond acceptors (Lipinski definition) is 1. The van der Waals surface area contributed by atoms with Gasteiger partial charge in [0, 0.05) is 10.0 Å². The number of carbonyl (C=O) groups excluding carboxylic acids is 1. The van der Waals surface area contributed by atoms with Gasteiger partial charge in [-0.2, -0.15) is 0 Å². The van der Waals surface area contributed by atoms with Crippen molar-refractivity contribution in [2.24, 2.45) is 0 Å². The summed E-state index contributed by atoms with van der Waals surface area (Å²) in [7, 11) is 0. The molecule has 1 nitrogen and oxygen atoms in total. The molecule has 0 N–H and O–H groups in total. The van der Waals surface area contributed by atoms with Gasteiger partial charge in [0.1, 0.15) is 11.6 Å². The van der Waals surface area contributed by atoms with Crippen LogP contribution < -0.4 is 0 Å². The van der Waals surface area contributed by atoms with Gasteiger partial charge in [0.2, 0.25) is 0 Å². The second-order valence-electron chi connectivity index (χ2n) is 3.76. The van der Waals surface area contributed by atoms with Crippen LogP contribution >= 0.6 is 15.9 Å². The van der Waals surface area contributed by atoms with Crippen molar-refractivity contribution in [3.05, 3.63) is 34.1 Å². The second kappa shape index (κ2) is 3.16. The van der Waals surface area contributed by atoms with Crippen LogP contribution in [-0.2, 0) is 10.2 Å². The maximum atomic E-state index is 13.5. The first-order chi connectivity index (χ1) is 6.56. The van der Waals surface area contributed by atoms with Gasteiger partial charge >= 0.3 is 0 Å². The van der Waals surface area contributed by atoms with E-state index in [1.165, 1.54) is 13.0 Å². The lowest BCUT2D eigenvalue weighted by Crippen LogP contribution is -2.18. The van der Waals surface area contributed by atoms with Crippen LogP contribution in [0.5, 0.6) is 0 Å². The number of carbonyl (C=O) groups is 1. The fourth-order valence-corrected chi connectivity index (χ4v) is 2.16. The van der Waals surface area contributed by atoms with Crippen LogP contribution in [-0.4, -0.2) is 5.78 Å². The zero-order chi connectivity index (χ0) is 10.3. The first kappa shape index (κ1) is 9.84. The monoisotopic (exact) mass is 256 g/mol. The van der Waals surface area contributed by atoms with Crippen molar-refractivity contribution >= 4 is 21.7 Å². The van der Waals surface area contributed by atoms with Crippen molar-refractivity contribution in [3.63, 3.8) is 0 Å². The van der Waals surface area contributed by atoms with Gasteiger partial charge in [-0.3, -0.25) is 4.79 Å². The third-order valence-corrected chi connectivity index (χ3v) is 3.36. The minimum Gasteiger partial charge on any atom is -0.299 e. The SMILES string of the molecule is CC(=O)C1(c2cc(Br)ccc2F)CC1. The third-order valence-electron chi connectivity index (χ3n) is 2.87. The van der Waals surface area contributed by atoms with Crippen molar-refractivity contribution in [1.29, 1.82) is 0 Å². The molecule has 1 aliphatic carbocycles. The van der Waals surface area contributed by atoms with Crippen molar-refractivity contribution in [2.45, 2.75) is 25.2 Å². The molecule has 0 aromatic heterocycles. The molecule has 0 atom stereocenters. The quantitative estimate of drug-likeness (QED) is 0.795. The number of benzene rings is 1. The highest BCUT2D eigenvalue weighted by Crippen LogP contribution is 2.50. The van der Waals surface area contributed by atoms with Gasteiger partial charge in [-0.05, 0) is 38.0 Å². The summed E-state index contributed by atoms with van der Waals surface area (Å²) in [6.07, 6.45) is 1.55. The van der Waals surface area contributed by atoms with Crippen LogP contribution in [0, 0.1) is 5.82 Å². The Bertz CT molecular complexity index is 396. The zero-order valence-electron chi connectivity index (χ0n) is 7.81. The molecule has 3 heteroatoms. The van der Waals surface area contributed by atoms with E-state index in [4.69, 9.17) is 0 Å². The van der Waals surface area contributed by atoms with E-state index in [9.17, 15) is 9.18 Å². The van der Waals surface area contributed by atoms with Crippen molar-refractivity contribution in [1.82, 2.24) is 0 Å². The molecule has 0 radical (unpaired) electrons. The molecule has 0 bridgehead atoms. The minimum atomic E-state index is -0.520. The van der Waals surface area contributed by atoms with Crippen LogP contribution in [0.1, 0.15) is 25.3 Å². The van der Waals surface area contributed by atoms with Gasteiger partial charge in [0.15, 0.2) is 0 Å². The summed E-state index contributed by atoms with van der Waals surface area (Å²) < 4.78 is 14.3. The fraction of sp³-hybridized carbons (Fsp3) is 0.364. The molecule has 0 heterocycles. The summed E-state index contributed by atoms with van der Waals surface area (Å²) in [5.41, 5.74) is 0.0211. The number of rotatable bonds is 2. The van der Waals surface area contributed by atoms with Crippen LogP contribution in [0.2, 0.25) is 0 Å². The topological polar surface area (TPSA) is 17.1 Å². The summed E-state index contributed by atoms with van der Waals surface area (Å²) in [4.78, 5) is 11.4. The summed E-state index contributed by atoms with van der Waals surface area (Å²) in [5.74, 6) is -0.213.